The van der Waals surface area contributed by atoms with Gasteiger partial charge >= 0.3 is 17.9 Å². The highest BCUT2D eigenvalue weighted by Gasteiger charge is 2.19. The van der Waals surface area contributed by atoms with Crippen LogP contribution in [0, 0.1) is 0 Å². The molecule has 0 aromatic heterocycles. The lowest BCUT2D eigenvalue weighted by Gasteiger charge is -2.18. The van der Waals surface area contributed by atoms with Gasteiger partial charge in [0, 0.05) is 19.3 Å². The van der Waals surface area contributed by atoms with Crippen LogP contribution in [0.2, 0.25) is 0 Å². The number of hydrogen-bond acceptors (Lipinski definition) is 6. The van der Waals surface area contributed by atoms with Gasteiger partial charge in [0.15, 0.2) is 6.10 Å². The van der Waals surface area contributed by atoms with E-state index in [9.17, 15) is 14.4 Å². The molecule has 0 aliphatic rings. The van der Waals surface area contributed by atoms with Crippen LogP contribution < -0.4 is 0 Å². The van der Waals surface area contributed by atoms with Gasteiger partial charge in [0.25, 0.3) is 0 Å². The molecule has 0 radical (unpaired) electrons. The Balaban J connectivity index is 3.90. The summed E-state index contributed by atoms with van der Waals surface area (Å²) in [5.74, 6) is -0.858. The molecule has 1 unspecified atom stereocenters. The number of ether oxygens (including phenoxy) is 3. The molecule has 0 heterocycles. The van der Waals surface area contributed by atoms with E-state index in [1.165, 1.54) is 231 Å². The van der Waals surface area contributed by atoms with Crippen LogP contribution in [-0.2, 0) is 28.6 Å². The summed E-state index contributed by atoms with van der Waals surface area (Å²) >= 11 is 0. The van der Waals surface area contributed by atoms with Crippen LogP contribution in [0.15, 0.2) is 24.3 Å². The summed E-state index contributed by atoms with van der Waals surface area (Å²) in [6, 6.07) is 0. The average Bonchev–Trinajstić information content (AvgIpc) is 3.35. The molecular formula is C63H118O6. The molecule has 406 valence electrons. The Morgan fingerprint density at radius 1 is 0.290 bits per heavy atom. The van der Waals surface area contributed by atoms with Gasteiger partial charge in [0.1, 0.15) is 13.2 Å². The summed E-state index contributed by atoms with van der Waals surface area (Å²) in [5, 5.41) is 0. The normalized spacial score (nSPS) is 12.1. The minimum atomic E-state index is -0.762. The van der Waals surface area contributed by atoms with Crippen LogP contribution in [0.25, 0.3) is 0 Å². The quantitative estimate of drug-likeness (QED) is 0.0261. The topological polar surface area (TPSA) is 78.9 Å². The Hall–Kier alpha value is -2.11. The van der Waals surface area contributed by atoms with Crippen molar-refractivity contribution < 1.29 is 28.6 Å². The van der Waals surface area contributed by atoms with Crippen LogP contribution >= 0.6 is 0 Å². The van der Waals surface area contributed by atoms with Gasteiger partial charge in [-0.15, -0.1) is 0 Å². The molecule has 0 aliphatic carbocycles. The molecule has 0 amide bonds. The minimum absolute atomic E-state index is 0.0654. The first-order valence-corrected chi connectivity index (χ1v) is 30.8. The Morgan fingerprint density at radius 2 is 0.522 bits per heavy atom. The summed E-state index contributed by atoms with van der Waals surface area (Å²) < 4.78 is 16.7. The van der Waals surface area contributed by atoms with E-state index >= 15 is 0 Å². The second kappa shape index (κ2) is 58.5. The monoisotopic (exact) mass is 971 g/mol. The number of carbonyl (C=O) groups is 3. The first kappa shape index (κ1) is 66.9. The lowest BCUT2D eigenvalue weighted by molar-refractivity contribution is -0.167. The van der Waals surface area contributed by atoms with Crippen molar-refractivity contribution in [3.63, 3.8) is 0 Å². The van der Waals surface area contributed by atoms with E-state index in [0.717, 1.165) is 70.6 Å². The molecule has 0 aromatic carbocycles. The van der Waals surface area contributed by atoms with Crippen LogP contribution in [0.5, 0.6) is 0 Å². The molecule has 0 N–H and O–H groups in total. The smallest absolute Gasteiger partial charge is 0.306 e. The third kappa shape index (κ3) is 56.7. The highest BCUT2D eigenvalue weighted by Crippen LogP contribution is 2.18. The molecule has 6 heteroatoms. The predicted octanol–water partition coefficient (Wildman–Crippen LogP) is 20.7. The van der Waals surface area contributed by atoms with Crippen molar-refractivity contribution in [1.82, 2.24) is 0 Å². The van der Waals surface area contributed by atoms with Gasteiger partial charge < -0.3 is 14.2 Å². The van der Waals surface area contributed by atoms with E-state index in [0.29, 0.717) is 19.3 Å². The maximum Gasteiger partial charge on any atom is 0.306 e. The van der Waals surface area contributed by atoms with Gasteiger partial charge in [0.2, 0.25) is 0 Å². The number of hydrogen-bond donors (Lipinski definition) is 0. The molecule has 69 heavy (non-hydrogen) atoms. The van der Waals surface area contributed by atoms with E-state index in [2.05, 4.69) is 45.1 Å². The molecule has 0 fully saturated rings. The predicted molar refractivity (Wildman–Crippen MR) is 298 cm³/mol. The van der Waals surface area contributed by atoms with Gasteiger partial charge in [-0.1, -0.05) is 295 Å². The molecule has 0 saturated carbocycles. The summed E-state index contributed by atoms with van der Waals surface area (Å²) in [6.07, 6.45) is 69.6. The molecule has 0 aliphatic heterocycles. The van der Waals surface area contributed by atoms with Crippen molar-refractivity contribution in [2.24, 2.45) is 0 Å². The lowest BCUT2D eigenvalue weighted by Crippen LogP contribution is -2.30. The maximum atomic E-state index is 12.8. The SMILES string of the molecule is CCCCCCC/C=C\C/C=C\CCCCCCCCCCCCCCCCCCCCCC(=O)OCC(COC(=O)CCCCCCC)OC(=O)CCCCCCCCCCCCCCCCC. The molecule has 1 atom stereocenters. The van der Waals surface area contributed by atoms with E-state index in [4.69, 9.17) is 14.2 Å². The first-order chi connectivity index (χ1) is 34.0. The van der Waals surface area contributed by atoms with E-state index in [1.54, 1.807) is 0 Å². The highest BCUT2D eigenvalue weighted by molar-refractivity contribution is 5.71. The number of carbonyl (C=O) groups excluding carboxylic acids is 3. The van der Waals surface area contributed by atoms with Crippen LogP contribution in [0.4, 0.5) is 0 Å². The third-order valence-electron chi connectivity index (χ3n) is 14.0. The fourth-order valence-electron chi connectivity index (χ4n) is 9.30. The molecule has 6 nitrogen and oxygen atoms in total. The van der Waals surface area contributed by atoms with Gasteiger partial charge in [0.05, 0.1) is 0 Å². The van der Waals surface area contributed by atoms with Crippen molar-refractivity contribution in [3.05, 3.63) is 24.3 Å². The largest absolute Gasteiger partial charge is 0.462 e. The highest BCUT2D eigenvalue weighted by atomic mass is 16.6. The Labute approximate surface area is 430 Å². The standard InChI is InChI=1S/C63H118O6/c1-4-7-10-13-15-17-19-21-23-24-25-26-27-28-29-30-31-32-33-34-35-36-37-38-40-41-43-45-47-50-53-56-62(65)68-59-60(58-67-61(64)55-52-49-12-9-6-3)69-63(66)57-54-51-48-46-44-42-39-22-20-18-16-14-11-8-5-2/h19,21,24-25,60H,4-18,20,22-23,26-59H2,1-3H3/b21-19-,25-24-. The summed E-state index contributed by atoms with van der Waals surface area (Å²) in [5.41, 5.74) is 0. The Bertz CT molecular complexity index is 1110. The van der Waals surface area contributed by atoms with Crippen molar-refractivity contribution in [2.45, 2.75) is 348 Å². The number of allylic oxidation sites excluding steroid dienone is 4. The molecular weight excluding hydrogens is 853 g/mol. The summed E-state index contributed by atoms with van der Waals surface area (Å²) in [6.45, 7) is 6.60. The average molecular weight is 972 g/mol. The van der Waals surface area contributed by atoms with Crippen LogP contribution in [-0.4, -0.2) is 37.2 Å². The fourth-order valence-corrected chi connectivity index (χ4v) is 9.30. The zero-order valence-corrected chi connectivity index (χ0v) is 46.6. The molecule has 0 aromatic rings. The maximum absolute atomic E-state index is 12.8. The van der Waals surface area contributed by atoms with Gasteiger partial charge in [-0.2, -0.15) is 0 Å². The Kier molecular flexibility index (Phi) is 56.7. The third-order valence-corrected chi connectivity index (χ3v) is 14.0. The van der Waals surface area contributed by atoms with Gasteiger partial charge in [-0.3, -0.25) is 14.4 Å². The van der Waals surface area contributed by atoms with Crippen molar-refractivity contribution >= 4 is 17.9 Å². The summed E-state index contributed by atoms with van der Waals surface area (Å²) in [4.78, 5) is 37.8. The van der Waals surface area contributed by atoms with E-state index in [1.807, 2.05) is 0 Å². The number of rotatable bonds is 57. The molecule has 0 saturated heterocycles. The zero-order valence-electron chi connectivity index (χ0n) is 46.6. The van der Waals surface area contributed by atoms with Crippen LogP contribution in [0.3, 0.4) is 0 Å². The van der Waals surface area contributed by atoms with Crippen molar-refractivity contribution in [1.29, 1.82) is 0 Å². The van der Waals surface area contributed by atoms with Crippen molar-refractivity contribution in [2.75, 3.05) is 13.2 Å². The molecule has 0 spiro atoms. The molecule has 0 rings (SSSR count). The second-order valence-corrected chi connectivity index (χ2v) is 21.0. The zero-order chi connectivity index (χ0) is 50.0. The van der Waals surface area contributed by atoms with Gasteiger partial charge in [-0.25, -0.2) is 0 Å². The number of esters is 3. The first-order valence-electron chi connectivity index (χ1n) is 30.8. The second-order valence-electron chi connectivity index (χ2n) is 21.0. The van der Waals surface area contributed by atoms with Crippen molar-refractivity contribution in [3.8, 4) is 0 Å². The minimum Gasteiger partial charge on any atom is -0.462 e. The van der Waals surface area contributed by atoms with Crippen LogP contribution in [0.1, 0.15) is 342 Å². The molecule has 0 bridgehead atoms. The lowest BCUT2D eigenvalue weighted by atomic mass is 10.0. The van der Waals surface area contributed by atoms with E-state index in [-0.39, 0.29) is 31.1 Å². The fraction of sp³-hybridized carbons (Fsp3) is 0.889. The Morgan fingerprint density at radius 3 is 0.797 bits per heavy atom. The number of unbranched alkanes of at least 4 members (excludes halogenated alkanes) is 42. The summed E-state index contributed by atoms with van der Waals surface area (Å²) in [7, 11) is 0. The van der Waals surface area contributed by atoms with Gasteiger partial charge in [-0.05, 0) is 51.4 Å². The van der Waals surface area contributed by atoms with E-state index < -0.39 is 6.10 Å².